The number of halogens is 4. The molecule has 3 unspecified atom stereocenters. The van der Waals surface area contributed by atoms with Gasteiger partial charge in [0, 0.05) is 12.5 Å². The summed E-state index contributed by atoms with van der Waals surface area (Å²) in [6.45, 7) is 0. The van der Waals surface area contributed by atoms with Crippen LogP contribution in [-0.4, -0.2) is 28.9 Å². The lowest BCUT2D eigenvalue weighted by atomic mass is 9.95. The Hall–Kier alpha value is -1.94. The lowest BCUT2D eigenvalue weighted by Crippen LogP contribution is -2.43. The molecule has 0 saturated carbocycles. The Morgan fingerprint density at radius 3 is 2.80 bits per heavy atom. The summed E-state index contributed by atoms with van der Waals surface area (Å²) in [7, 11) is 0. The molecule has 4 nitrogen and oxygen atoms in total. The molecule has 1 aromatic rings. The van der Waals surface area contributed by atoms with Crippen LogP contribution in [0.5, 0.6) is 0 Å². The first-order valence-corrected chi connectivity index (χ1v) is 8.50. The zero-order valence-electron chi connectivity index (χ0n) is 13.3. The van der Waals surface area contributed by atoms with Gasteiger partial charge in [0.1, 0.15) is 0 Å². The van der Waals surface area contributed by atoms with Gasteiger partial charge in [-0.05, 0) is 43.4 Å². The van der Waals surface area contributed by atoms with Gasteiger partial charge in [-0.1, -0.05) is 17.7 Å². The minimum absolute atomic E-state index is 0.0475. The van der Waals surface area contributed by atoms with E-state index in [0.717, 1.165) is 25.3 Å². The first-order valence-electron chi connectivity index (χ1n) is 8.12. The second-order valence-corrected chi connectivity index (χ2v) is 6.93. The number of benzene rings is 1. The highest BCUT2D eigenvalue weighted by molar-refractivity contribution is 6.31. The van der Waals surface area contributed by atoms with E-state index in [1.165, 1.54) is 12.1 Å². The smallest absolute Gasteiger partial charge is 0.351 e. The average Bonchev–Trinajstić information content (AvgIpc) is 3.09. The minimum Gasteiger partial charge on any atom is -0.351 e. The summed E-state index contributed by atoms with van der Waals surface area (Å²) >= 11 is 5.59. The van der Waals surface area contributed by atoms with Crippen molar-refractivity contribution in [1.29, 1.82) is 5.26 Å². The van der Waals surface area contributed by atoms with Crippen molar-refractivity contribution in [3.05, 3.63) is 34.3 Å². The highest BCUT2D eigenvalue weighted by Gasteiger charge is 2.46. The van der Waals surface area contributed by atoms with Gasteiger partial charge < -0.3 is 10.2 Å². The Morgan fingerprint density at radius 1 is 1.40 bits per heavy atom. The highest BCUT2D eigenvalue weighted by Crippen LogP contribution is 2.37. The van der Waals surface area contributed by atoms with Crippen LogP contribution >= 0.6 is 11.6 Å². The standard InChI is InChI=1S/C17H17ClF3N3O/c18-13-4-1-10(7-12(13)17(19,20)21)2-6-16(25)23-14-8-11-3-5-15(14)24(11)9-22/h1,4,7,11,14-15H,2-3,5-6,8H2,(H,23,25). The zero-order chi connectivity index (χ0) is 18.2. The van der Waals surface area contributed by atoms with Crippen LogP contribution in [-0.2, 0) is 17.4 Å². The maximum Gasteiger partial charge on any atom is 0.417 e. The van der Waals surface area contributed by atoms with Gasteiger partial charge in [-0.15, -0.1) is 0 Å². The van der Waals surface area contributed by atoms with E-state index in [9.17, 15) is 18.0 Å². The Morgan fingerprint density at radius 2 is 2.16 bits per heavy atom. The van der Waals surface area contributed by atoms with E-state index >= 15 is 0 Å². The summed E-state index contributed by atoms with van der Waals surface area (Å²) in [5, 5.41) is 11.7. The molecule has 2 fully saturated rings. The zero-order valence-corrected chi connectivity index (χ0v) is 14.1. The van der Waals surface area contributed by atoms with Crippen molar-refractivity contribution in [2.45, 2.75) is 56.4 Å². The molecule has 2 bridgehead atoms. The fourth-order valence-corrected chi connectivity index (χ4v) is 4.01. The van der Waals surface area contributed by atoms with E-state index in [1.54, 1.807) is 4.90 Å². The molecule has 0 aromatic heterocycles. The van der Waals surface area contributed by atoms with E-state index in [0.29, 0.717) is 5.56 Å². The monoisotopic (exact) mass is 371 g/mol. The van der Waals surface area contributed by atoms with E-state index in [-0.39, 0.29) is 41.9 Å². The van der Waals surface area contributed by atoms with Crippen LogP contribution in [0, 0.1) is 11.5 Å². The van der Waals surface area contributed by atoms with Crippen LogP contribution in [0.3, 0.4) is 0 Å². The molecule has 134 valence electrons. The molecule has 3 atom stereocenters. The number of carbonyl (C=O) groups excluding carboxylic acids is 1. The van der Waals surface area contributed by atoms with Gasteiger partial charge in [0.05, 0.1) is 22.7 Å². The molecule has 8 heteroatoms. The Labute approximate surface area is 148 Å². The fraction of sp³-hybridized carbons (Fsp3) is 0.529. The van der Waals surface area contributed by atoms with E-state index in [1.807, 2.05) is 0 Å². The predicted octanol–water partition coefficient (Wildman–Crippen LogP) is 3.49. The van der Waals surface area contributed by atoms with Crippen LogP contribution in [0.4, 0.5) is 13.2 Å². The lowest BCUT2D eigenvalue weighted by Gasteiger charge is -2.21. The van der Waals surface area contributed by atoms with E-state index in [4.69, 9.17) is 16.9 Å². The number of alkyl halides is 3. The number of rotatable bonds is 4. The molecular weight excluding hydrogens is 355 g/mol. The largest absolute Gasteiger partial charge is 0.417 e. The van der Waals surface area contributed by atoms with Crippen molar-refractivity contribution in [3.63, 3.8) is 0 Å². The van der Waals surface area contributed by atoms with Crippen molar-refractivity contribution >= 4 is 17.5 Å². The van der Waals surface area contributed by atoms with Crippen LogP contribution < -0.4 is 5.32 Å². The summed E-state index contributed by atoms with van der Waals surface area (Å²) < 4.78 is 38.6. The third-order valence-electron chi connectivity index (χ3n) is 4.98. The maximum atomic E-state index is 12.9. The second-order valence-electron chi connectivity index (χ2n) is 6.53. The topological polar surface area (TPSA) is 56.1 Å². The van der Waals surface area contributed by atoms with Crippen LogP contribution in [0.2, 0.25) is 5.02 Å². The normalized spacial score (nSPS) is 25.1. The summed E-state index contributed by atoms with van der Waals surface area (Å²) in [5.74, 6) is -0.209. The van der Waals surface area contributed by atoms with Gasteiger partial charge in [0.15, 0.2) is 6.19 Å². The van der Waals surface area contributed by atoms with Gasteiger partial charge >= 0.3 is 6.18 Å². The quantitative estimate of drug-likeness (QED) is 0.824. The van der Waals surface area contributed by atoms with Crippen molar-refractivity contribution in [3.8, 4) is 6.19 Å². The SMILES string of the molecule is N#CN1C2CCC1C(NC(=O)CCc1ccc(Cl)c(C(F)(F)F)c1)C2. The number of nitriles is 1. The molecule has 2 aliphatic rings. The van der Waals surface area contributed by atoms with Crippen LogP contribution in [0.1, 0.15) is 36.8 Å². The Balaban J connectivity index is 1.56. The molecule has 1 aromatic carbocycles. The summed E-state index contributed by atoms with van der Waals surface area (Å²) in [6, 6.07) is 3.89. The molecule has 2 aliphatic heterocycles. The number of nitrogens with zero attached hydrogens (tertiary/aromatic N) is 2. The Kier molecular flexibility index (Phi) is 4.83. The molecule has 1 N–H and O–H groups in total. The van der Waals surface area contributed by atoms with Crippen molar-refractivity contribution in [1.82, 2.24) is 10.2 Å². The number of hydrogen-bond acceptors (Lipinski definition) is 3. The van der Waals surface area contributed by atoms with E-state index < -0.39 is 11.7 Å². The maximum absolute atomic E-state index is 12.9. The number of fused-ring (bicyclic) bond motifs is 2. The molecule has 0 aliphatic carbocycles. The second kappa shape index (κ2) is 6.75. The molecule has 2 heterocycles. The summed E-state index contributed by atoms with van der Waals surface area (Å²) in [4.78, 5) is 13.9. The third-order valence-corrected chi connectivity index (χ3v) is 5.31. The number of aryl methyl sites for hydroxylation is 1. The van der Waals surface area contributed by atoms with E-state index in [2.05, 4.69) is 11.5 Å². The lowest BCUT2D eigenvalue weighted by molar-refractivity contribution is -0.137. The van der Waals surface area contributed by atoms with Crippen molar-refractivity contribution in [2.24, 2.45) is 0 Å². The van der Waals surface area contributed by atoms with Crippen LogP contribution in [0.25, 0.3) is 0 Å². The van der Waals surface area contributed by atoms with Gasteiger partial charge in [0.2, 0.25) is 5.91 Å². The van der Waals surface area contributed by atoms with Gasteiger partial charge in [0.25, 0.3) is 0 Å². The number of nitrogens with one attached hydrogen (secondary N) is 1. The first-order chi connectivity index (χ1) is 11.8. The molecule has 0 radical (unpaired) electrons. The first kappa shape index (κ1) is 17.9. The molecule has 2 saturated heterocycles. The molecular formula is C17H17ClF3N3O. The number of hydrogen-bond donors (Lipinski definition) is 1. The Bertz CT molecular complexity index is 716. The minimum atomic E-state index is -4.51. The molecule has 0 spiro atoms. The highest BCUT2D eigenvalue weighted by atomic mass is 35.5. The summed E-state index contributed by atoms with van der Waals surface area (Å²) in [5.41, 5.74) is -0.469. The molecule has 1 amide bonds. The van der Waals surface area contributed by atoms with Gasteiger partial charge in [-0.25, -0.2) is 0 Å². The van der Waals surface area contributed by atoms with Crippen molar-refractivity contribution in [2.75, 3.05) is 0 Å². The predicted molar refractivity (Wildman–Crippen MR) is 85.6 cm³/mol. The van der Waals surface area contributed by atoms with Gasteiger partial charge in [-0.2, -0.15) is 18.4 Å². The third kappa shape index (κ3) is 3.69. The average molecular weight is 372 g/mol. The molecule has 25 heavy (non-hydrogen) atoms. The fourth-order valence-electron chi connectivity index (χ4n) is 3.78. The number of amides is 1. The number of carbonyl (C=O) groups is 1. The van der Waals surface area contributed by atoms with Gasteiger partial charge in [-0.3, -0.25) is 4.79 Å². The summed E-state index contributed by atoms with van der Waals surface area (Å²) in [6.07, 6.45) is 0.566. The van der Waals surface area contributed by atoms with Crippen molar-refractivity contribution < 1.29 is 18.0 Å². The molecule has 3 rings (SSSR count). The van der Waals surface area contributed by atoms with Crippen LogP contribution in [0.15, 0.2) is 18.2 Å².